The molecule has 0 amide bonds. The SMILES string of the molecule is CC1(C)CCC2(C)CCC3(C)C(=CC=C4C5(C)C(O)CC(O)C(C)(C)C5CCC43C)C2C1. The van der Waals surface area contributed by atoms with E-state index in [1.807, 2.05) is 0 Å². The summed E-state index contributed by atoms with van der Waals surface area (Å²) >= 11 is 0. The molecule has 0 radical (unpaired) electrons. The molecule has 0 saturated heterocycles. The van der Waals surface area contributed by atoms with Crippen molar-refractivity contribution in [2.24, 2.45) is 44.3 Å². The van der Waals surface area contributed by atoms with E-state index >= 15 is 0 Å². The molecule has 0 heterocycles. The Labute approximate surface area is 197 Å². The molecule has 5 aliphatic carbocycles. The van der Waals surface area contributed by atoms with Crippen LogP contribution in [-0.4, -0.2) is 22.4 Å². The summed E-state index contributed by atoms with van der Waals surface area (Å²) in [6, 6.07) is 0. The fourth-order valence-electron chi connectivity index (χ4n) is 9.75. The summed E-state index contributed by atoms with van der Waals surface area (Å²) in [7, 11) is 0. The summed E-state index contributed by atoms with van der Waals surface area (Å²) in [6.07, 6.45) is 13.5. The molecule has 2 heteroatoms. The molecule has 2 N–H and O–H groups in total. The molecule has 4 fully saturated rings. The van der Waals surface area contributed by atoms with Gasteiger partial charge >= 0.3 is 0 Å². The van der Waals surface area contributed by atoms with E-state index in [9.17, 15) is 10.2 Å². The Kier molecular flexibility index (Phi) is 4.73. The monoisotopic (exact) mass is 440 g/mol. The highest BCUT2D eigenvalue weighted by atomic mass is 16.3. The van der Waals surface area contributed by atoms with Crippen LogP contribution in [0.5, 0.6) is 0 Å². The summed E-state index contributed by atoms with van der Waals surface area (Å²) < 4.78 is 0. The lowest BCUT2D eigenvalue weighted by Crippen LogP contribution is -2.64. The van der Waals surface area contributed by atoms with Gasteiger partial charge < -0.3 is 10.2 Å². The van der Waals surface area contributed by atoms with Crippen LogP contribution in [0.2, 0.25) is 0 Å². The summed E-state index contributed by atoms with van der Waals surface area (Å²) in [6.45, 7) is 19.4. The fraction of sp³-hybridized carbons (Fsp3) is 0.867. The summed E-state index contributed by atoms with van der Waals surface area (Å²) in [5, 5.41) is 22.3. The number of aliphatic hydroxyl groups excluding tert-OH is 2. The van der Waals surface area contributed by atoms with Gasteiger partial charge in [-0.3, -0.25) is 0 Å². The average Bonchev–Trinajstić information content (AvgIpc) is 2.68. The van der Waals surface area contributed by atoms with E-state index in [0.717, 1.165) is 6.42 Å². The third-order valence-corrected chi connectivity index (χ3v) is 12.6. The van der Waals surface area contributed by atoms with Gasteiger partial charge in [-0.2, -0.15) is 0 Å². The number of allylic oxidation sites excluding steroid dienone is 3. The molecule has 8 atom stereocenters. The number of hydrogen-bond donors (Lipinski definition) is 2. The van der Waals surface area contributed by atoms with Crippen molar-refractivity contribution in [2.45, 2.75) is 119 Å². The fourth-order valence-corrected chi connectivity index (χ4v) is 9.75. The summed E-state index contributed by atoms with van der Waals surface area (Å²) in [5.74, 6) is 0.994. The maximum Gasteiger partial charge on any atom is 0.0658 e. The molecule has 5 rings (SSSR count). The predicted molar refractivity (Wildman–Crippen MR) is 132 cm³/mol. The first-order valence-electron chi connectivity index (χ1n) is 13.4. The van der Waals surface area contributed by atoms with Crippen molar-refractivity contribution in [3.8, 4) is 0 Å². The lowest BCUT2D eigenvalue weighted by atomic mass is 9.36. The van der Waals surface area contributed by atoms with E-state index in [0.29, 0.717) is 29.1 Å². The number of rotatable bonds is 0. The van der Waals surface area contributed by atoms with Crippen LogP contribution in [0.15, 0.2) is 23.3 Å². The van der Waals surface area contributed by atoms with Gasteiger partial charge in [0.25, 0.3) is 0 Å². The van der Waals surface area contributed by atoms with Crippen LogP contribution < -0.4 is 0 Å². The van der Waals surface area contributed by atoms with E-state index in [1.165, 1.54) is 44.1 Å². The third kappa shape index (κ3) is 2.66. The second-order valence-electron chi connectivity index (χ2n) is 14.9. The predicted octanol–water partition coefficient (Wildman–Crippen LogP) is 7.06. The van der Waals surface area contributed by atoms with Crippen LogP contribution in [0.3, 0.4) is 0 Å². The standard InChI is InChI=1S/C30H48O2/c1-25(2)13-14-27(5)15-16-28(6)19(20(27)18-25)9-10-22-29(28,7)12-11-21-26(3,4)23(31)17-24(32)30(21,22)8/h9-10,20-21,23-24,31-32H,11-18H2,1-8H3. The molecular formula is C30H48O2. The zero-order valence-electron chi connectivity index (χ0n) is 22.0. The summed E-state index contributed by atoms with van der Waals surface area (Å²) in [4.78, 5) is 0. The van der Waals surface area contributed by atoms with E-state index in [-0.39, 0.29) is 21.7 Å². The lowest BCUT2D eigenvalue weighted by molar-refractivity contribution is -0.175. The molecule has 2 nitrogen and oxygen atoms in total. The second kappa shape index (κ2) is 6.54. The van der Waals surface area contributed by atoms with Gasteiger partial charge in [-0.15, -0.1) is 0 Å². The van der Waals surface area contributed by atoms with E-state index in [2.05, 4.69) is 67.5 Å². The van der Waals surface area contributed by atoms with Crippen LogP contribution in [0, 0.1) is 44.3 Å². The molecule has 4 saturated carbocycles. The molecule has 0 aliphatic heterocycles. The maximum absolute atomic E-state index is 11.5. The van der Waals surface area contributed by atoms with Crippen molar-refractivity contribution in [1.29, 1.82) is 0 Å². The minimum atomic E-state index is -0.470. The van der Waals surface area contributed by atoms with Gasteiger partial charge in [0.2, 0.25) is 0 Å². The van der Waals surface area contributed by atoms with Crippen LogP contribution in [-0.2, 0) is 0 Å². The molecule has 0 aromatic carbocycles. The van der Waals surface area contributed by atoms with Crippen molar-refractivity contribution in [2.75, 3.05) is 0 Å². The van der Waals surface area contributed by atoms with E-state index < -0.39 is 12.2 Å². The highest BCUT2D eigenvalue weighted by Crippen LogP contribution is 2.74. The highest BCUT2D eigenvalue weighted by molar-refractivity contribution is 5.46. The Bertz CT molecular complexity index is 879. The average molecular weight is 441 g/mol. The van der Waals surface area contributed by atoms with Crippen molar-refractivity contribution in [3.63, 3.8) is 0 Å². The minimum Gasteiger partial charge on any atom is -0.392 e. The molecular weight excluding hydrogens is 392 g/mol. The topological polar surface area (TPSA) is 40.5 Å². The van der Waals surface area contributed by atoms with Gasteiger partial charge in [-0.1, -0.05) is 78.7 Å². The van der Waals surface area contributed by atoms with Crippen molar-refractivity contribution < 1.29 is 10.2 Å². The van der Waals surface area contributed by atoms with Gasteiger partial charge in [0.15, 0.2) is 0 Å². The Morgan fingerprint density at radius 2 is 1.41 bits per heavy atom. The molecule has 5 aliphatic rings. The smallest absolute Gasteiger partial charge is 0.0658 e. The molecule has 0 aromatic rings. The van der Waals surface area contributed by atoms with Crippen molar-refractivity contribution >= 4 is 0 Å². The zero-order valence-corrected chi connectivity index (χ0v) is 22.0. The van der Waals surface area contributed by atoms with Gasteiger partial charge in [0, 0.05) is 11.8 Å². The van der Waals surface area contributed by atoms with Gasteiger partial charge in [-0.05, 0) is 83.9 Å². The quantitative estimate of drug-likeness (QED) is 0.423. The molecule has 0 bridgehead atoms. The molecule has 32 heavy (non-hydrogen) atoms. The first-order valence-corrected chi connectivity index (χ1v) is 13.4. The normalized spacial score (nSPS) is 53.7. The molecule has 180 valence electrons. The van der Waals surface area contributed by atoms with Crippen LogP contribution in [0.1, 0.15) is 107 Å². The Hall–Kier alpha value is -0.600. The van der Waals surface area contributed by atoms with Gasteiger partial charge in [0.05, 0.1) is 12.2 Å². The number of fused-ring (bicyclic) bond motifs is 7. The van der Waals surface area contributed by atoms with Crippen LogP contribution in [0.25, 0.3) is 0 Å². The Morgan fingerprint density at radius 1 is 0.750 bits per heavy atom. The molecule has 8 unspecified atom stereocenters. The van der Waals surface area contributed by atoms with Crippen molar-refractivity contribution in [1.82, 2.24) is 0 Å². The molecule has 0 aromatic heterocycles. The minimum absolute atomic E-state index is 0.0879. The Balaban J connectivity index is 1.65. The number of aliphatic hydroxyl groups is 2. The van der Waals surface area contributed by atoms with Crippen molar-refractivity contribution in [3.05, 3.63) is 23.3 Å². The van der Waals surface area contributed by atoms with Crippen LogP contribution >= 0.6 is 0 Å². The largest absolute Gasteiger partial charge is 0.392 e. The Morgan fingerprint density at radius 3 is 2.09 bits per heavy atom. The van der Waals surface area contributed by atoms with E-state index in [4.69, 9.17) is 0 Å². The number of hydrogen-bond acceptors (Lipinski definition) is 2. The van der Waals surface area contributed by atoms with Crippen LogP contribution in [0.4, 0.5) is 0 Å². The van der Waals surface area contributed by atoms with Gasteiger partial charge in [-0.25, -0.2) is 0 Å². The van der Waals surface area contributed by atoms with Gasteiger partial charge in [0.1, 0.15) is 0 Å². The maximum atomic E-state index is 11.5. The first kappa shape index (κ1) is 23.2. The first-order chi connectivity index (χ1) is 14.6. The second-order valence-corrected chi connectivity index (χ2v) is 14.9. The third-order valence-electron chi connectivity index (χ3n) is 12.6. The zero-order chi connectivity index (χ0) is 23.5. The molecule has 0 spiro atoms. The highest BCUT2D eigenvalue weighted by Gasteiger charge is 2.67. The lowest BCUT2D eigenvalue weighted by Gasteiger charge is -2.69. The van der Waals surface area contributed by atoms with E-state index in [1.54, 1.807) is 5.57 Å². The summed E-state index contributed by atoms with van der Waals surface area (Å²) in [5.41, 5.74) is 3.91.